The van der Waals surface area contributed by atoms with Crippen molar-refractivity contribution in [3.63, 3.8) is 0 Å². The zero-order chi connectivity index (χ0) is 20.5. The van der Waals surface area contributed by atoms with Crippen LogP contribution in [0.15, 0.2) is 42.0 Å². The number of likely N-dealkylation sites (tertiary alicyclic amines) is 1. The van der Waals surface area contributed by atoms with Crippen molar-refractivity contribution >= 4 is 0 Å². The van der Waals surface area contributed by atoms with Crippen molar-refractivity contribution in [2.75, 3.05) is 6.54 Å². The third kappa shape index (κ3) is 3.80. The van der Waals surface area contributed by atoms with Crippen LogP contribution in [0.25, 0.3) is 5.69 Å². The van der Waals surface area contributed by atoms with Gasteiger partial charge >= 0.3 is 0 Å². The largest absolute Gasteiger partial charge is 0.287 e. The van der Waals surface area contributed by atoms with Crippen LogP contribution in [-0.4, -0.2) is 37.7 Å². The first-order chi connectivity index (χ1) is 14.0. The van der Waals surface area contributed by atoms with Gasteiger partial charge in [0, 0.05) is 6.04 Å². The van der Waals surface area contributed by atoms with Crippen LogP contribution in [0.5, 0.6) is 0 Å². The summed E-state index contributed by atoms with van der Waals surface area (Å²) < 4.78 is 1.99. The van der Waals surface area contributed by atoms with Gasteiger partial charge in [-0.25, -0.2) is 0 Å². The molecule has 5 nitrogen and oxygen atoms in total. The van der Waals surface area contributed by atoms with E-state index in [0.29, 0.717) is 12.0 Å². The summed E-state index contributed by atoms with van der Waals surface area (Å²) in [6.07, 6.45) is 8.26. The van der Waals surface area contributed by atoms with Crippen LogP contribution in [0, 0.1) is 19.8 Å². The minimum atomic E-state index is 0.146. The molecule has 1 fully saturated rings. The minimum Gasteiger partial charge on any atom is -0.287 e. The summed E-state index contributed by atoms with van der Waals surface area (Å²) in [7, 11) is 0. The lowest BCUT2D eigenvalue weighted by Crippen LogP contribution is -2.35. The fourth-order valence-electron chi connectivity index (χ4n) is 5.08. The Kier molecular flexibility index (Phi) is 5.68. The lowest BCUT2D eigenvalue weighted by atomic mass is 9.82. The normalized spacial score (nSPS) is 23.8. The van der Waals surface area contributed by atoms with Gasteiger partial charge in [0.2, 0.25) is 0 Å². The van der Waals surface area contributed by atoms with Crippen LogP contribution in [0.3, 0.4) is 0 Å². The van der Waals surface area contributed by atoms with E-state index in [9.17, 15) is 0 Å². The lowest BCUT2D eigenvalue weighted by molar-refractivity contribution is 0.200. The van der Waals surface area contributed by atoms with E-state index in [4.69, 9.17) is 0 Å². The average Bonchev–Trinajstić information content (AvgIpc) is 3.33. The number of aromatic nitrogens is 4. The van der Waals surface area contributed by atoms with Gasteiger partial charge in [0.05, 0.1) is 11.7 Å². The van der Waals surface area contributed by atoms with Crippen molar-refractivity contribution in [2.45, 2.75) is 71.9 Å². The zero-order valence-electron chi connectivity index (χ0n) is 18.2. The molecule has 3 unspecified atom stereocenters. The molecule has 2 aliphatic rings. The second-order valence-electron chi connectivity index (χ2n) is 8.92. The molecule has 1 aromatic heterocycles. The Morgan fingerprint density at radius 1 is 1.21 bits per heavy atom. The van der Waals surface area contributed by atoms with E-state index in [0.717, 1.165) is 30.9 Å². The van der Waals surface area contributed by atoms with Crippen LogP contribution < -0.4 is 0 Å². The quantitative estimate of drug-likeness (QED) is 0.665. The molecule has 29 heavy (non-hydrogen) atoms. The third-order valence-electron chi connectivity index (χ3n) is 6.82. The van der Waals surface area contributed by atoms with Crippen molar-refractivity contribution in [3.8, 4) is 5.69 Å². The van der Waals surface area contributed by atoms with Crippen molar-refractivity contribution in [1.82, 2.24) is 25.1 Å². The maximum atomic E-state index is 4.59. The monoisotopic (exact) mass is 391 g/mol. The number of rotatable bonds is 5. The van der Waals surface area contributed by atoms with E-state index >= 15 is 0 Å². The molecular weight excluding hydrogens is 358 g/mol. The number of hydrogen-bond donors (Lipinski definition) is 0. The summed E-state index contributed by atoms with van der Waals surface area (Å²) in [5.74, 6) is 1.56. The summed E-state index contributed by atoms with van der Waals surface area (Å²) in [6.45, 7) is 14.1. The predicted molar refractivity (Wildman–Crippen MR) is 117 cm³/mol. The molecule has 1 aliphatic carbocycles. The molecular formula is C24H33N5. The number of allylic oxidation sites excluding steroid dienone is 2. The molecule has 1 aromatic carbocycles. The summed E-state index contributed by atoms with van der Waals surface area (Å²) in [6, 6.07) is 7.06. The van der Waals surface area contributed by atoms with Gasteiger partial charge in [-0.2, -0.15) is 4.68 Å². The highest BCUT2D eigenvalue weighted by molar-refractivity contribution is 5.47. The van der Waals surface area contributed by atoms with E-state index in [-0.39, 0.29) is 6.04 Å². The standard InChI is InChI=1S/C24H33N5/c1-16(2)20-11-13-21(14-12-20)23(28-15-7-10-19(28)5)24-25-26-27-29(24)22-17(3)8-6-9-18(22)4/h6,8-9,13,19-20,23H,1,7,10-12,14-15H2,2-5H3. The van der Waals surface area contributed by atoms with E-state index in [2.05, 4.69) is 79.0 Å². The Balaban J connectivity index is 1.78. The Morgan fingerprint density at radius 2 is 1.97 bits per heavy atom. The smallest absolute Gasteiger partial charge is 0.178 e. The van der Waals surface area contributed by atoms with Crippen LogP contribution in [0.2, 0.25) is 0 Å². The summed E-state index contributed by atoms with van der Waals surface area (Å²) in [5, 5.41) is 13.2. The molecule has 0 saturated carbocycles. The highest BCUT2D eigenvalue weighted by atomic mass is 15.6. The van der Waals surface area contributed by atoms with Gasteiger partial charge in [0.15, 0.2) is 5.82 Å². The number of para-hydroxylation sites is 1. The van der Waals surface area contributed by atoms with Gasteiger partial charge in [0.25, 0.3) is 0 Å². The summed E-state index contributed by atoms with van der Waals surface area (Å²) >= 11 is 0. The van der Waals surface area contributed by atoms with E-state index in [1.54, 1.807) is 0 Å². The Labute approximate surface area is 174 Å². The molecule has 0 radical (unpaired) electrons. The highest BCUT2D eigenvalue weighted by Gasteiger charge is 2.36. The van der Waals surface area contributed by atoms with E-state index < -0.39 is 0 Å². The SMILES string of the molecule is C=C(C)C1CC=C(C(c2nnnn2-c2c(C)cccc2C)N2CCCC2C)CC1. The molecule has 0 amide bonds. The molecule has 4 rings (SSSR count). The van der Waals surface area contributed by atoms with E-state index in [1.807, 2.05) is 4.68 Å². The van der Waals surface area contributed by atoms with Crippen molar-refractivity contribution in [2.24, 2.45) is 5.92 Å². The molecule has 2 heterocycles. The van der Waals surface area contributed by atoms with Crippen LogP contribution in [-0.2, 0) is 0 Å². The zero-order valence-corrected chi connectivity index (χ0v) is 18.2. The third-order valence-corrected chi connectivity index (χ3v) is 6.82. The van der Waals surface area contributed by atoms with Gasteiger partial charge in [-0.15, -0.1) is 5.10 Å². The Morgan fingerprint density at radius 3 is 2.55 bits per heavy atom. The van der Waals surface area contributed by atoms with Crippen molar-refractivity contribution in [1.29, 1.82) is 0 Å². The maximum absolute atomic E-state index is 4.59. The first-order valence-corrected chi connectivity index (χ1v) is 10.9. The fourth-order valence-corrected chi connectivity index (χ4v) is 5.08. The second-order valence-corrected chi connectivity index (χ2v) is 8.92. The number of aryl methyl sites for hydroxylation is 2. The number of nitrogens with zero attached hydrogens (tertiary/aromatic N) is 5. The Bertz CT molecular complexity index is 905. The van der Waals surface area contributed by atoms with Gasteiger partial charge in [-0.3, -0.25) is 4.90 Å². The first kappa shape index (κ1) is 20.0. The van der Waals surface area contributed by atoms with Crippen LogP contribution in [0.4, 0.5) is 0 Å². The molecule has 3 atom stereocenters. The van der Waals surface area contributed by atoms with Crippen molar-refractivity contribution in [3.05, 3.63) is 59.0 Å². The molecule has 0 spiro atoms. The second kappa shape index (κ2) is 8.23. The molecule has 5 heteroatoms. The van der Waals surface area contributed by atoms with E-state index in [1.165, 1.54) is 41.5 Å². The fraction of sp³-hybridized carbons (Fsp3) is 0.542. The number of benzene rings is 1. The lowest BCUT2D eigenvalue weighted by Gasteiger charge is -2.35. The molecule has 1 aliphatic heterocycles. The minimum absolute atomic E-state index is 0.146. The number of tetrazole rings is 1. The molecule has 0 bridgehead atoms. The topological polar surface area (TPSA) is 46.8 Å². The van der Waals surface area contributed by atoms with Crippen LogP contribution >= 0.6 is 0 Å². The summed E-state index contributed by atoms with van der Waals surface area (Å²) in [4.78, 5) is 2.61. The van der Waals surface area contributed by atoms with Crippen molar-refractivity contribution < 1.29 is 0 Å². The number of hydrogen-bond acceptors (Lipinski definition) is 4. The first-order valence-electron chi connectivity index (χ1n) is 10.9. The molecule has 0 N–H and O–H groups in total. The van der Waals surface area contributed by atoms with Gasteiger partial charge in [-0.05, 0) is 99.4 Å². The maximum Gasteiger partial charge on any atom is 0.178 e. The van der Waals surface area contributed by atoms with Gasteiger partial charge < -0.3 is 0 Å². The predicted octanol–water partition coefficient (Wildman–Crippen LogP) is 5.11. The Hall–Kier alpha value is -2.27. The van der Waals surface area contributed by atoms with Crippen LogP contribution in [0.1, 0.15) is 68.9 Å². The highest BCUT2D eigenvalue weighted by Crippen LogP contribution is 2.40. The molecule has 1 saturated heterocycles. The average molecular weight is 392 g/mol. The molecule has 2 aromatic rings. The molecule has 154 valence electrons. The van der Waals surface area contributed by atoms with Gasteiger partial charge in [-0.1, -0.05) is 36.4 Å². The van der Waals surface area contributed by atoms with Gasteiger partial charge in [0.1, 0.15) is 0 Å². The summed E-state index contributed by atoms with van der Waals surface area (Å²) in [5.41, 5.74) is 6.28.